The van der Waals surface area contributed by atoms with E-state index < -0.39 is 47.4 Å². The Morgan fingerprint density at radius 3 is 1.22 bits per heavy atom. The van der Waals surface area contributed by atoms with Gasteiger partial charge in [0, 0.05) is 20.6 Å². The molecule has 37 heavy (non-hydrogen) atoms. The van der Waals surface area contributed by atoms with Gasteiger partial charge >= 0.3 is 24.1 Å². The first kappa shape index (κ1) is 34.4. The summed E-state index contributed by atoms with van der Waals surface area (Å²) in [7, 11) is 2.81. The van der Waals surface area contributed by atoms with Crippen molar-refractivity contribution in [2.45, 2.75) is 97.9 Å². The fraction of sp³-hybridized carbons (Fsp3) is 0.840. The molecule has 0 aromatic heterocycles. The number of methoxy groups -OCH3 is 2. The lowest BCUT2D eigenvalue weighted by molar-refractivity contribution is -0.155. The van der Waals surface area contributed by atoms with E-state index in [0.29, 0.717) is 0 Å². The first-order valence-electron chi connectivity index (χ1n) is 12.4. The zero-order valence-electron chi connectivity index (χ0n) is 24.1. The molecule has 0 aromatic rings. The van der Waals surface area contributed by atoms with Gasteiger partial charge in [-0.05, 0) is 54.4 Å². The molecule has 0 N–H and O–H groups in total. The van der Waals surface area contributed by atoms with Gasteiger partial charge in [-0.25, -0.2) is 19.2 Å². The molecule has 0 aliphatic heterocycles. The smallest absolute Gasteiger partial charge is 0.412 e. The van der Waals surface area contributed by atoms with Crippen LogP contribution in [0.25, 0.3) is 0 Å². The van der Waals surface area contributed by atoms with Gasteiger partial charge in [0.2, 0.25) is 0 Å². The van der Waals surface area contributed by atoms with Crippen LogP contribution in [0.3, 0.4) is 0 Å². The van der Waals surface area contributed by atoms with Crippen LogP contribution in [0.5, 0.6) is 0 Å². The summed E-state index contributed by atoms with van der Waals surface area (Å²) >= 11 is 0. The fourth-order valence-corrected chi connectivity index (χ4v) is 3.08. The van der Waals surface area contributed by atoms with Crippen molar-refractivity contribution in [1.82, 2.24) is 9.80 Å². The van der Waals surface area contributed by atoms with Crippen molar-refractivity contribution in [3.8, 4) is 0 Å². The second-order valence-corrected chi connectivity index (χ2v) is 10.3. The monoisotopic (exact) mass is 534 g/mol. The first-order valence-corrected chi connectivity index (χ1v) is 12.4. The molecular weight excluding hydrogens is 488 g/mol. The molecule has 0 aliphatic rings. The van der Waals surface area contributed by atoms with Gasteiger partial charge in [-0.15, -0.1) is 0 Å². The lowest BCUT2D eigenvalue weighted by Gasteiger charge is -2.31. The molecule has 12 heteroatoms. The summed E-state index contributed by atoms with van der Waals surface area (Å²) in [6.07, 6.45) is -0.590. The second-order valence-electron chi connectivity index (χ2n) is 10.3. The van der Waals surface area contributed by atoms with Gasteiger partial charge in [0.25, 0.3) is 0 Å². The number of hydrogen-bond donors (Lipinski definition) is 0. The Balaban J connectivity index is 4.94. The van der Waals surface area contributed by atoms with Crippen molar-refractivity contribution >= 4 is 24.1 Å². The molecule has 0 spiro atoms. The van der Waals surface area contributed by atoms with E-state index in [4.69, 9.17) is 28.4 Å². The number of hydrogen-bond acceptors (Lipinski definition) is 10. The van der Waals surface area contributed by atoms with Gasteiger partial charge in [0.15, 0.2) is 0 Å². The molecule has 0 aromatic carbocycles. The Labute approximate surface area is 220 Å². The summed E-state index contributed by atoms with van der Waals surface area (Å²) in [5.41, 5.74) is -1.48. The van der Waals surface area contributed by atoms with Crippen LogP contribution >= 0.6 is 0 Å². The minimum atomic E-state index is -0.904. The molecule has 0 heterocycles. The molecule has 0 saturated carbocycles. The van der Waals surface area contributed by atoms with Gasteiger partial charge in [-0.3, -0.25) is 9.80 Å². The molecular formula is C25H46N2O10. The highest BCUT2D eigenvalue weighted by atomic mass is 16.6. The largest absolute Gasteiger partial charge is 0.464 e. The Morgan fingerprint density at radius 1 is 0.649 bits per heavy atom. The predicted octanol–water partition coefficient (Wildman–Crippen LogP) is 3.70. The van der Waals surface area contributed by atoms with Crippen LogP contribution in [-0.2, 0) is 38.0 Å². The van der Waals surface area contributed by atoms with Crippen LogP contribution in [0.1, 0.15) is 74.7 Å². The minimum Gasteiger partial charge on any atom is -0.464 e. The summed E-state index contributed by atoms with van der Waals surface area (Å²) in [4.78, 5) is 52.7. The minimum absolute atomic E-state index is 0.0393. The zero-order chi connectivity index (χ0) is 28.8. The summed E-state index contributed by atoms with van der Waals surface area (Å²) in [5, 5.41) is 0. The van der Waals surface area contributed by atoms with Gasteiger partial charge in [0.1, 0.15) is 36.7 Å². The highest BCUT2D eigenvalue weighted by molar-refractivity contribution is 5.82. The van der Waals surface area contributed by atoms with E-state index in [1.54, 1.807) is 55.4 Å². The van der Waals surface area contributed by atoms with E-state index in [1.165, 1.54) is 24.0 Å². The standard InChI is InChI=1S/C25H46N2O10/c1-11-18(26(16-32-9)22(30)36-24(3,4)5)20(28)34-14-13-15-35-21(29)19(12-2)27(17-33-10)23(31)37-25(6,7)8/h18-19H,11-17H2,1-10H3/t18-,19-/m0/s1. The van der Waals surface area contributed by atoms with Crippen LogP contribution in [0.4, 0.5) is 9.59 Å². The van der Waals surface area contributed by atoms with Crippen molar-refractivity contribution in [1.29, 1.82) is 0 Å². The third kappa shape index (κ3) is 13.5. The van der Waals surface area contributed by atoms with Crippen molar-refractivity contribution in [2.75, 3.05) is 40.9 Å². The van der Waals surface area contributed by atoms with E-state index in [0.717, 1.165) is 0 Å². The lowest BCUT2D eigenvalue weighted by Crippen LogP contribution is -2.48. The van der Waals surface area contributed by atoms with E-state index in [-0.39, 0.29) is 45.9 Å². The predicted molar refractivity (Wildman–Crippen MR) is 135 cm³/mol. The molecule has 2 atom stereocenters. The second kappa shape index (κ2) is 16.3. The molecule has 0 fully saturated rings. The molecule has 0 rings (SSSR count). The highest BCUT2D eigenvalue weighted by Crippen LogP contribution is 2.16. The van der Waals surface area contributed by atoms with Crippen LogP contribution in [-0.4, -0.2) is 98.1 Å². The summed E-state index contributed by atoms with van der Waals surface area (Å²) in [6, 6.07) is -1.81. The third-order valence-electron chi connectivity index (χ3n) is 4.64. The van der Waals surface area contributed by atoms with Crippen molar-refractivity contribution in [3.05, 3.63) is 0 Å². The van der Waals surface area contributed by atoms with Gasteiger partial charge in [-0.1, -0.05) is 13.8 Å². The van der Waals surface area contributed by atoms with E-state index >= 15 is 0 Å². The topological polar surface area (TPSA) is 130 Å². The average Bonchev–Trinajstić information content (AvgIpc) is 2.76. The normalized spacial score (nSPS) is 13.2. The average molecular weight is 535 g/mol. The summed E-state index contributed by atoms with van der Waals surface area (Å²) in [6.45, 7) is 13.5. The Kier molecular flexibility index (Phi) is 15.1. The molecule has 12 nitrogen and oxygen atoms in total. The molecule has 0 radical (unpaired) electrons. The number of nitrogens with zero attached hydrogens (tertiary/aromatic N) is 2. The van der Waals surface area contributed by atoms with Crippen LogP contribution < -0.4 is 0 Å². The fourth-order valence-electron chi connectivity index (χ4n) is 3.08. The Hall–Kier alpha value is -2.60. The van der Waals surface area contributed by atoms with E-state index in [1.807, 2.05) is 0 Å². The van der Waals surface area contributed by atoms with Crippen LogP contribution in [0.15, 0.2) is 0 Å². The van der Waals surface area contributed by atoms with Gasteiger partial charge < -0.3 is 28.4 Å². The molecule has 0 unspecified atom stereocenters. The molecule has 2 amide bonds. The Morgan fingerprint density at radius 2 is 0.973 bits per heavy atom. The van der Waals surface area contributed by atoms with Gasteiger partial charge in [0.05, 0.1) is 13.2 Å². The van der Waals surface area contributed by atoms with Gasteiger partial charge in [-0.2, -0.15) is 0 Å². The quantitative estimate of drug-likeness (QED) is 0.141. The number of esters is 2. The zero-order valence-corrected chi connectivity index (χ0v) is 24.1. The van der Waals surface area contributed by atoms with Crippen molar-refractivity contribution in [2.24, 2.45) is 0 Å². The summed E-state index contributed by atoms with van der Waals surface area (Å²) < 4.78 is 31.5. The maximum atomic E-state index is 12.7. The SMILES string of the molecule is CC[C@@H](C(=O)OCCCOC(=O)[C@H](CC)N(COC)C(=O)OC(C)(C)C)N(COC)C(=O)OC(C)(C)C. The maximum Gasteiger partial charge on any atom is 0.412 e. The highest BCUT2D eigenvalue weighted by Gasteiger charge is 2.34. The number of rotatable bonds is 14. The maximum absolute atomic E-state index is 12.7. The number of ether oxygens (including phenoxy) is 6. The Bertz CT molecular complexity index is 670. The van der Waals surface area contributed by atoms with E-state index in [2.05, 4.69) is 0 Å². The number of amides is 2. The molecule has 0 bridgehead atoms. The molecule has 0 aliphatic carbocycles. The van der Waals surface area contributed by atoms with Crippen LogP contribution in [0, 0.1) is 0 Å². The lowest BCUT2D eigenvalue weighted by atomic mass is 10.2. The third-order valence-corrected chi connectivity index (χ3v) is 4.64. The first-order chi connectivity index (χ1) is 17.1. The number of carbonyl (C=O) groups is 4. The van der Waals surface area contributed by atoms with E-state index in [9.17, 15) is 19.2 Å². The number of carbonyl (C=O) groups excluding carboxylic acids is 4. The molecule has 216 valence electrons. The van der Waals surface area contributed by atoms with Crippen LogP contribution in [0.2, 0.25) is 0 Å². The summed E-state index contributed by atoms with van der Waals surface area (Å²) in [5.74, 6) is -1.25. The van der Waals surface area contributed by atoms with Crippen molar-refractivity contribution in [3.63, 3.8) is 0 Å². The molecule has 0 saturated heterocycles. The van der Waals surface area contributed by atoms with Crippen molar-refractivity contribution < 1.29 is 47.6 Å².